The molecule has 0 saturated carbocycles. The maximum Gasteiger partial charge on any atom is 0.573 e. The lowest BCUT2D eigenvalue weighted by Crippen LogP contribution is -2.17. The number of rotatable bonds is 6. The number of hydrogen-bond donors (Lipinski definition) is 1. The van der Waals surface area contributed by atoms with Crippen molar-refractivity contribution in [2.24, 2.45) is 0 Å². The summed E-state index contributed by atoms with van der Waals surface area (Å²) in [5, 5.41) is 0. The third-order valence-electron chi connectivity index (χ3n) is 4.03. The second kappa shape index (κ2) is 10.7. The molecule has 2 aromatic carbocycles. The molecule has 0 amide bonds. The van der Waals surface area contributed by atoms with Crippen LogP contribution in [0.1, 0.15) is 21.5 Å². The van der Waals surface area contributed by atoms with Crippen LogP contribution in [0.15, 0.2) is 65.8 Å². The molecule has 0 spiro atoms. The number of ether oxygens (including phenoxy) is 3. The Hall–Kier alpha value is -3.84. The first-order valence-electron chi connectivity index (χ1n) is 9.29. The number of carbonyl (C=O) groups is 1. The Morgan fingerprint density at radius 1 is 1.03 bits per heavy atom. The van der Waals surface area contributed by atoms with Gasteiger partial charge in [0.25, 0.3) is 0 Å². The first kappa shape index (κ1) is 23.8. The lowest BCUT2D eigenvalue weighted by molar-refractivity contribution is -0.274. The number of halogens is 3. The number of nitrogens with zero attached hydrogens (tertiary/aromatic N) is 1. The number of anilines is 1. The Morgan fingerprint density at radius 2 is 1.82 bits per heavy atom. The molecule has 1 heterocycles. The fourth-order valence-corrected chi connectivity index (χ4v) is 3.29. The van der Waals surface area contributed by atoms with Crippen molar-refractivity contribution in [2.75, 3.05) is 18.9 Å². The second-order valence-electron chi connectivity index (χ2n) is 6.35. The van der Waals surface area contributed by atoms with E-state index in [1.807, 2.05) is 0 Å². The SMILES string of the molecule is COC(=O)c1ccc(NSc2cncc(C#Cc3cccc(OC(F)(F)F)c3)c2)c(OC)c1. The van der Waals surface area contributed by atoms with Crippen molar-refractivity contribution >= 4 is 23.6 Å². The van der Waals surface area contributed by atoms with E-state index in [1.54, 1.807) is 42.7 Å². The highest BCUT2D eigenvalue weighted by atomic mass is 32.2. The molecular formula is C23H17F3N2O4S. The Labute approximate surface area is 192 Å². The van der Waals surface area contributed by atoms with E-state index in [0.29, 0.717) is 28.1 Å². The third kappa shape index (κ3) is 7.08. The van der Waals surface area contributed by atoms with Gasteiger partial charge in [0, 0.05) is 28.4 Å². The highest BCUT2D eigenvalue weighted by molar-refractivity contribution is 8.00. The average Bonchev–Trinajstić information content (AvgIpc) is 2.80. The van der Waals surface area contributed by atoms with Crippen LogP contribution in [0.2, 0.25) is 0 Å². The van der Waals surface area contributed by atoms with E-state index in [-0.39, 0.29) is 5.75 Å². The molecule has 0 aliphatic carbocycles. The molecule has 1 aromatic heterocycles. The van der Waals surface area contributed by atoms with Gasteiger partial charge < -0.3 is 18.9 Å². The predicted octanol–water partition coefficient (Wildman–Crippen LogP) is 5.29. The molecule has 0 atom stereocenters. The molecule has 3 rings (SSSR count). The quantitative estimate of drug-likeness (QED) is 0.296. The topological polar surface area (TPSA) is 69.7 Å². The summed E-state index contributed by atoms with van der Waals surface area (Å²) in [5.74, 6) is 5.31. The first-order chi connectivity index (χ1) is 15.8. The van der Waals surface area contributed by atoms with Gasteiger partial charge in [-0.2, -0.15) is 0 Å². The van der Waals surface area contributed by atoms with Gasteiger partial charge >= 0.3 is 12.3 Å². The molecule has 10 heteroatoms. The van der Waals surface area contributed by atoms with E-state index in [1.165, 1.54) is 44.4 Å². The molecule has 0 aliphatic rings. The van der Waals surface area contributed by atoms with Crippen LogP contribution in [0.5, 0.6) is 11.5 Å². The standard InChI is InChI=1S/C23H17F3N2O4S/c1-30-21-12-17(22(29)31-2)8-9-20(21)28-33-19-11-16(13-27-14-19)7-6-15-4-3-5-18(10-15)32-23(24,25)26/h3-5,8-14,28H,1-2H3. The maximum atomic E-state index is 12.4. The van der Waals surface area contributed by atoms with Crippen molar-refractivity contribution in [3.05, 3.63) is 77.6 Å². The van der Waals surface area contributed by atoms with E-state index in [9.17, 15) is 18.0 Å². The number of pyridine rings is 1. The highest BCUT2D eigenvalue weighted by Crippen LogP contribution is 2.30. The van der Waals surface area contributed by atoms with Crippen LogP contribution in [0, 0.1) is 11.8 Å². The van der Waals surface area contributed by atoms with Gasteiger partial charge in [0.15, 0.2) is 0 Å². The van der Waals surface area contributed by atoms with Crippen LogP contribution in [0.4, 0.5) is 18.9 Å². The molecule has 0 aliphatic heterocycles. The zero-order valence-corrected chi connectivity index (χ0v) is 18.2. The summed E-state index contributed by atoms with van der Waals surface area (Å²) in [6.07, 6.45) is -1.61. The summed E-state index contributed by atoms with van der Waals surface area (Å²) < 4.78 is 54.2. The van der Waals surface area contributed by atoms with Crippen molar-refractivity contribution in [3.8, 4) is 23.3 Å². The Balaban J connectivity index is 1.71. The molecule has 0 saturated heterocycles. The molecule has 0 unspecified atom stereocenters. The fraction of sp³-hybridized carbons (Fsp3) is 0.130. The molecule has 0 bridgehead atoms. The molecular weight excluding hydrogens is 457 g/mol. The number of nitrogens with one attached hydrogen (secondary N) is 1. The number of carbonyl (C=O) groups excluding carboxylic acids is 1. The van der Waals surface area contributed by atoms with Gasteiger partial charge in [0.05, 0.1) is 25.5 Å². The molecule has 6 nitrogen and oxygen atoms in total. The number of benzene rings is 2. The highest BCUT2D eigenvalue weighted by Gasteiger charge is 2.31. The minimum Gasteiger partial charge on any atom is -0.495 e. The van der Waals surface area contributed by atoms with E-state index >= 15 is 0 Å². The number of methoxy groups -OCH3 is 2. The van der Waals surface area contributed by atoms with Gasteiger partial charge in [-0.1, -0.05) is 17.9 Å². The molecule has 1 N–H and O–H groups in total. The summed E-state index contributed by atoms with van der Waals surface area (Å²) >= 11 is 1.25. The van der Waals surface area contributed by atoms with Crippen molar-refractivity contribution in [1.82, 2.24) is 4.98 Å². The summed E-state index contributed by atoms with van der Waals surface area (Å²) in [5.41, 5.74) is 1.92. The summed E-state index contributed by atoms with van der Waals surface area (Å²) in [4.78, 5) is 16.5. The van der Waals surface area contributed by atoms with Crippen LogP contribution in [0.3, 0.4) is 0 Å². The van der Waals surface area contributed by atoms with Gasteiger partial charge in [-0.05, 0) is 54.4 Å². The van der Waals surface area contributed by atoms with Crippen molar-refractivity contribution in [1.29, 1.82) is 0 Å². The fourth-order valence-electron chi connectivity index (χ4n) is 2.59. The van der Waals surface area contributed by atoms with Crippen LogP contribution in [-0.2, 0) is 4.74 Å². The normalized spacial score (nSPS) is 10.6. The molecule has 0 radical (unpaired) electrons. The van der Waals surface area contributed by atoms with E-state index in [2.05, 4.69) is 26.3 Å². The second-order valence-corrected chi connectivity index (χ2v) is 7.23. The summed E-state index contributed by atoms with van der Waals surface area (Å²) in [6, 6.07) is 12.0. The monoisotopic (exact) mass is 474 g/mol. The smallest absolute Gasteiger partial charge is 0.495 e. The van der Waals surface area contributed by atoms with E-state index in [0.717, 1.165) is 4.90 Å². The van der Waals surface area contributed by atoms with Crippen LogP contribution < -0.4 is 14.2 Å². The van der Waals surface area contributed by atoms with Gasteiger partial charge in [-0.15, -0.1) is 13.2 Å². The lowest BCUT2D eigenvalue weighted by Gasteiger charge is -2.11. The third-order valence-corrected chi connectivity index (χ3v) is 4.81. The minimum atomic E-state index is -4.77. The molecule has 170 valence electrons. The zero-order chi connectivity index (χ0) is 23.8. The largest absolute Gasteiger partial charge is 0.573 e. The number of esters is 1. The van der Waals surface area contributed by atoms with Crippen LogP contribution >= 0.6 is 11.9 Å². The average molecular weight is 474 g/mol. The Bertz CT molecular complexity index is 1210. The Morgan fingerprint density at radius 3 is 2.55 bits per heavy atom. The van der Waals surface area contributed by atoms with Crippen LogP contribution in [0.25, 0.3) is 0 Å². The minimum absolute atomic E-state index is 0.340. The summed E-state index contributed by atoms with van der Waals surface area (Å²) in [7, 11) is 2.78. The van der Waals surface area contributed by atoms with Gasteiger partial charge in [0.2, 0.25) is 0 Å². The van der Waals surface area contributed by atoms with Crippen molar-refractivity contribution in [3.63, 3.8) is 0 Å². The molecule has 33 heavy (non-hydrogen) atoms. The Kier molecular flexibility index (Phi) is 7.69. The van der Waals surface area contributed by atoms with E-state index in [4.69, 9.17) is 9.47 Å². The van der Waals surface area contributed by atoms with Crippen molar-refractivity contribution < 1.29 is 32.2 Å². The van der Waals surface area contributed by atoms with Crippen LogP contribution in [-0.4, -0.2) is 31.5 Å². The van der Waals surface area contributed by atoms with Gasteiger partial charge in [-0.3, -0.25) is 4.98 Å². The number of alkyl halides is 3. The molecule has 3 aromatic rings. The number of aromatic nitrogens is 1. The molecule has 0 fully saturated rings. The van der Waals surface area contributed by atoms with Gasteiger partial charge in [-0.25, -0.2) is 4.79 Å². The van der Waals surface area contributed by atoms with Crippen molar-refractivity contribution in [2.45, 2.75) is 11.3 Å². The zero-order valence-electron chi connectivity index (χ0n) is 17.4. The van der Waals surface area contributed by atoms with E-state index < -0.39 is 12.3 Å². The lowest BCUT2D eigenvalue weighted by atomic mass is 10.2. The predicted molar refractivity (Wildman–Crippen MR) is 117 cm³/mol. The summed E-state index contributed by atoms with van der Waals surface area (Å²) in [6.45, 7) is 0. The number of hydrogen-bond acceptors (Lipinski definition) is 7. The maximum absolute atomic E-state index is 12.4. The first-order valence-corrected chi connectivity index (χ1v) is 10.1. The van der Waals surface area contributed by atoms with Gasteiger partial charge in [0.1, 0.15) is 11.5 Å².